The Bertz CT molecular complexity index is 890. The second kappa shape index (κ2) is 7.33. The van der Waals surface area contributed by atoms with Crippen LogP contribution in [-0.2, 0) is 19.1 Å². The first-order valence-electron chi connectivity index (χ1n) is 10.9. The summed E-state index contributed by atoms with van der Waals surface area (Å²) in [6.45, 7) is 2.09. The standard InChI is InChI=1S/C23H30O8/c1-21-9-16(27)20-14(15(21)5-6-23(21,30)17(28)10-24)4-3-12-7-13(26)8-18(22(12,20)2)31-19(29)11-25/h7-8,14-16,20,24-25,27,30H,3-6,9-11H2,1-2H3/t14-,15-,16-,20+,21-,22+,23-/m0/s1. The van der Waals surface area contributed by atoms with Crippen LogP contribution in [0.1, 0.15) is 46.0 Å². The molecule has 0 spiro atoms. The van der Waals surface area contributed by atoms with Gasteiger partial charge in [0.05, 0.1) is 11.5 Å². The van der Waals surface area contributed by atoms with Gasteiger partial charge < -0.3 is 25.2 Å². The number of Topliss-reactive ketones (excluding diaryl/α,β-unsaturated/α-hetero) is 1. The Morgan fingerprint density at radius 3 is 2.52 bits per heavy atom. The Hall–Kier alpha value is -1.87. The monoisotopic (exact) mass is 434 g/mol. The van der Waals surface area contributed by atoms with Crippen molar-refractivity contribution in [2.75, 3.05) is 13.2 Å². The Morgan fingerprint density at radius 1 is 1.16 bits per heavy atom. The molecular weight excluding hydrogens is 404 g/mol. The van der Waals surface area contributed by atoms with Gasteiger partial charge in [-0.2, -0.15) is 0 Å². The predicted molar refractivity (Wildman–Crippen MR) is 107 cm³/mol. The lowest BCUT2D eigenvalue weighted by atomic mass is 9.45. The lowest BCUT2D eigenvalue weighted by Gasteiger charge is -2.60. The maximum atomic E-state index is 12.5. The minimum atomic E-state index is -1.69. The van der Waals surface area contributed by atoms with Gasteiger partial charge in [0.2, 0.25) is 0 Å². The molecule has 0 aliphatic heterocycles. The molecule has 0 aromatic rings. The summed E-state index contributed by atoms with van der Waals surface area (Å²) in [6.07, 6.45) is 4.04. The summed E-state index contributed by atoms with van der Waals surface area (Å²) >= 11 is 0. The van der Waals surface area contributed by atoms with Gasteiger partial charge in [0.15, 0.2) is 11.6 Å². The van der Waals surface area contributed by atoms with Crippen LogP contribution in [0.5, 0.6) is 0 Å². The normalized spacial score (nSPS) is 43.9. The fourth-order valence-corrected chi connectivity index (χ4v) is 7.28. The van der Waals surface area contributed by atoms with E-state index in [0.29, 0.717) is 19.3 Å². The van der Waals surface area contributed by atoms with Gasteiger partial charge in [0, 0.05) is 17.4 Å². The van der Waals surface area contributed by atoms with Gasteiger partial charge in [-0.25, -0.2) is 4.79 Å². The molecular formula is C23H30O8. The molecule has 3 fully saturated rings. The van der Waals surface area contributed by atoms with Gasteiger partial charge in [-0.15, -0.1) is 0 Å². The van der Waals surface area contributed by atoms with E-state index in [1.54, 1.807) is 0 Å². The van der Waals surface area contributed by atoms with E-state index in [2.05, 4.69) is 0 Å². The molecule has 0 amide bonds. The molecule has 0 aromatic heterocycles. The SMILES string of the molecule is C[C@@]12C(=CC(=O)C=C1OC(=O)CO)CC[C@@H]1[C@@H]2[C@@H](O)C[C@@]2(C)[C@H]1CC[C@]2(O)C(=O)CO. The van der Waals surface area contributed by atoms with Crippen molar-refractivity contribution in [3.05, 3.63) is 23.5 Å². The highest BCUT2D eigenvalue weighted by Crippen LogP contribution is 2.68. The van der Waals surface area contributed by atoms with Crippen molar-refractivity contribution in [1.29, 1.82) is 0 Å². The first-order chi connectivity index (χ1) is 14.5. The summed E-state index contributed by atoms with van der Waals surface area (Å²) in [5.41, 5.74) is -2.71. The molecule has 4 N–H and O–H groups in total. The highest BCUT2D eigenvalue weighted by atomic mass is 16.5. The third-order valence-corrected chi connectivity index (χ3v) is 8.75. The van der Waals surface area contributed by atoms with Crippen LogP contribution >= 0.6 is 0 Å². The van der Waals surface area contributed by atoms with Crippen LogP contribution in [0.3, 0.4) is 0 Å². The van der Waals surface area contributed by atoms with Crippen molar-refractivity contribution in [3.63, 3.8) is 0 Å². The first kappa shape index (κ1) is 22.3. The van der Waals surface area contributed by atoms with Crippen LogP contribution in [0.25, 0.3) is 0 Å². The molecule has 4 rings (SSSR count). The van der Waals surface area contributed by atoms with E-state index >= 15 is 0 Å². The van der Waals surface area contributed by atoms with Crippen LogP contribution in [0, 0.1) is 28.6 Å². The molecule has 0 heterocycles. The minimum absolute atomic E-state index is 0.0767. The Kier molecular flexibility index (Phi) is 5.28. The molecule has 0 unspecified atom stereocenters. The summed E-state index contributed by atoms with van der Waals surface area (Å²) in [7, 11) is 0. The molecule has 0 bridgehead atoms. The Morgan fingerprint density at radius 2 is 1.87 bits per heavy atom. The summed E-state index contributed by atoms with van der Waals surface area (Å²) in [5.74, 6) is -2.21. The Balaban J connectivity index is 1.76. The van der Waals surface area contributed by atoms with E-state index < -0.39 is 47.5 Å². The zero-order valence-electron chi connectivity index (χ0n) is 17.8. The number of carbonyl (C=O) groups is 3. The average molecular weight is 434 g/mol. The van der Waals surface area contributed by atoms with Gasteiger partial charge in [0.25, 0.3) is 0 Å². The number of esters is 1. The second-order valence-electron chi connectivity index (χ2n) is 9.92. The van der Waals surface area contributed by atoms with E-state index in [4.69, 9.17) is 9.84 Å². The molecule has 4 aliphatic carbocycles. The van der Waals surface area contributed by atoms with E-state index in [1.807, 2.05) is 13.8 Å². The minimum Gasteiger partial charge on any atom is -0.428 e. The van der Waals surface area contributed by atoms with E-state index in [9.17, 15) is 29.7 Å². The molecule has 3 saturated carbocycles. The highest BCUT2D eigenvalue weighted by molar-refractivity contribution is 6.02. The van der Waals surface area contributed by atoms with Crippen molar-refractivity contribution in [2.24, 2.45) is 28.6 Å². The van der Waals surface area contributed by atoms with Crippen LogP contribution in [0.2, 0.25) is 0 Å². The number of aliphatic hydroxyl groups excluding tert-OH is 3. The summed E-state index contributed by atoms with van der Waals surface area (Å²) in [5, 5.41) is 41.2. The Labute approximate surface area is 180 Å². The molecule has 7 atom stereocenters. The second-order valence-corrected chi connectivity index (χ2v) is 9.92. The fourth-order valence-electron chi connectivity index (χ4n) is 7.28. The number of allylic oxidation sites excluding steroid dienone is 3. The summed E-state index contributed by atoms with van der Waals surface area (Å²) in [4.78, 5) is 36.6. The predicted octanol–water partition coefficient (Wildman–Crippen LogP) is 0.421. The van der Waals surface area contributed by atoms with Crippen molar-refractivity contribution in [2.45, 2.75) is 57.7 Å². The number of hydrogen-bond donors (Lipinski definition) is 4. The number of carbonyl (C=O) groups excluding carboxylic acids is 3. The van der Waals surface area contributed by atoms with Crippen LogP contribution in [-0.4, -0.2) is 62.9 Å². The third kappa shape index (κ3) is 2.92. The molecule has 4 aliphatic rings. The zero-order valence-corrected chi connectivity index (χ0v) is 17.8. The van der Waals surface area contributed by atoms with Gasteiger partial charge in [-0.3, -0.25) is 9.59 Å². The van der Waals surface area contributed by atoms with Gasteiger partial charge >= 0.3 is 5.97 Å². The molecule has 31 heavy (non-hydrogen) atoms. The van der Waals surface area contributed by atoms with Crippen LogP contribution in [0.15, 0.2) is 23.5 Å². The smallest absolute Gasteiger partial charge is 0.336 e. The molecule has 8 heteroatoms. The number of hydrogen-bond acceptors (Lipinski definition) is 8. The maximum absolute atomic E-state index is 12.5. The van der Waals surface area contributed by atoms with E-state index in [0.717, 1.165) is 5.57 Å². The lowest BCUT2D eigenvalue weighted by molar-refractivity contribution is -0.182. The third-order valence-electron chi connectivity index (χ3n) is 8.75. The number of ether oxygens (including phenoxy) is 1. The summed E-state index contributed by atoms with van der Waals surface area (Å²) < 4.78 is 5.38. The molecule has 0 saturated heterocycles. The topological polar surface area (TPSA) is 141 Å². The van der Waals surface area contributed by atoms with Crippen molar-refractivity contribution >= 4 is 17.5 Å². The number of fused-ring (bicyclic) bond motifs is 5. The van der Waals surface area contributed by atoms with E-state index in [1.165, 1.54) is 12.2 Å². The largest absolute Gasteiger partial charge is 0.428 e. The van der Waals surface area contributed by atoms with Gasteiger partial charge in [-0.05, 0) is 56.9 Å². The molecule has 8 nitrogen and oxygen atoms in total. The van der Waals surface area contributed by atoms with Crippen LogP contribution < -0.4 is 0 Å². The molecule has 0 aromatic carbocycles. The van der Waals surface area contributed by atoms with Gasteiger partial charge in [0.1, 0.15) is 24.6 Å². The average Bonchev–Trinajstić information content (AvgIpc) is 2.99. The highest BCUT2D eigenvalue weighted by Gasteiger charge is 2.69. The van der Waals surface area contributed by atoms with Crippen molar-refractivity contribution < 1.29 is 39.5 Å². The summed E-state index contributed by atoms with van der Waals surface area (Å²) in [6, 6.07) is 0. The molecule has 0 radical (unpaired) electrons. The molecule has 170 valence electrons. The zero-order chi connectivity index (χ0) is 22.8. The number of ketones is 2. The number of rotatable bonds is 4. The van der Waals surface area contributed by atoms with Gasteiger partial charge in [-0.1, -0.05) is 12.5 Å². The number of aliphatic hydroxyl groups is 4. The lowest BCUT2D eigenvalue weighted by Crippen LogP contribution is -2.62. The van der Waals surface area contributed by atoms with Crippen molar-refractivity contribution in [3.8, 4) is 0 Å². The maximum Gasteiger partial charge on any atom is 0.336 e. The van der Waals surface area contributed by atoms with Crippen LogP contribution in [0.4, 0.5) is 0 Å². The van der Waals surface area contributed by atoms with E-state index in [-0.39, 0.29) is 42.1 Å². The van der Waals surface area contributed by atoms with Crippen molar-refractivity contribution in [1.82, 2.24) is 0 Å². The fraction of sp³-hybridized carbons (Fsp3) is 0.696. The first-order valence-corrected chi connectivity index (χ1v) is 10.9. The quantitative estimate of drug-likeness (QED) is 0.467.